The maximum Gasteiger partial charge on any atom is 0.416 e. The first-order valence-electron chi connectivity index (χ1n) is 8.59. The molecular formula is C19H22BF6NO. The van der Waals surface area contributed by atoms with Crippen LogP contribution in [0.4, 0.5) is 26.3 Å². The fourth-order valence-electron chi connectivity index (χ4n) is 2.20. The molecule has 1 aromatic carbocycles. The lowest BCUT2D eigenvalue weighted by Crippen LogP contribution is -2.37. The average Bonchev–Trinajstić information content (AvgIpc) is 2.61. The number of hydrogen-bond donors (Lipinski definition) is 1. The van der Waals surface area contributed by atoms with Gasteiger partial charge in [0.15, 0.2) is 0 Å². The van der Waals surface area contributed by atoms with E-state index in [-0.39, 0.29) is 12.1 Å². The first kappa shape index (κ1) is 24.0. The molecule has 0 unspecified atom stereocenters. The van der Waals surface area contributed by atoms with E-state index >= 15 is 0 Å². The first-order valence-corrected chi connectivity index (χ1v) is 8.59. The van der Waals surface area contributed by atoms with E-state index in [1.54, 1.807) is 0 Å². The summed E-state index contributed by atoms with van der Waals surface area (Å²) in [6.45, 7) is 9.20. The summed E-state index contributed by atoms with van der Waals surface area (Å²) in [7, 11) is 0. The highest BCUT2D eigenvalue weighted by Crippen LogP contribution is 2.28. The third-order valence-electron chi connectivity index (χ3n) is 3.73. The smallest absolute Gasteiger partial charge is 0.416 e. The van der Waals surface area contributed by atoms with E-state index < -0.39 is 30.4 Å². The molecule has 2 nitrogen and oxygen atoms in total. The van der Waals surface area contributed by atoms with Crippen LogP contribution in [-0.2, 0) is 10.8 Å². The van der Waals surface area contributed by atoms with Gasteiger partial charge in [-0.2, -0.15) is 26.3 Å². The Morgan fingerprint density at radius 3 is 2.14 bits per heavy atom. The van der Waals surface area contributed by atoms with Crippen molar-refractivity contribution in [1.29, 1.82) is 0 Å². The van der Waals surface area contributed by atoms with E-state index in [1.807, 2.05) is 6.92 Å². The van der Waals surface area contributed by atoms with Crippen molar-refractivity contribution in [2.45, 2.75) is 25.7 Å². The molecule has 0 saturated carbocycles. The van der Waals surface area contributed by atoms with Crippen molar-refractivity contribution < 1.29 is 31.0 Å². The van der Waals surface area contributed by atoms with Crippen molar-refractivity contribution in [1.82, 2.24) is 5.32 Å². The Labute approximate surface area is 161 Å². The maximum atomic E-state index is 12.7. The van der Waals surface area contributed by atoms with Crippen LogP contribution < -0.4 is 10.8 Å². The molecule has 0 amide bonds. The zero-order chi connectivity index (χ0) is 21.4. The summed E-state index contributed by atoms with van der Waals surface area (Å²) in [5.41, 5.74) is -1.37. The van der Waals surface area contributed by atoms with Crippen LogP contribution in [-0.4, -0.2) is 32.8 Å². The highest BCUT2D eigenvalue weighted by atomic mass is 19.4. The summed E-state index contributed by atoms with van der Waals surface area (Å²) in [5.74, 6) is 0. The SMILES string of the molecule is C=C(/C=C\C(=C)C(F)(F)F)B(OCCNCCC)c1ccc(C(F)(F)F)cc1. The molecule has 1 N–H and O–H groups in total. The molecule has 0 radical (unpaired) electrons. The lowest BCUT2D eigenvalue weighted by molar-refractivity contribution is -0.137. The molecule has 0 heterocycles. The maximum absolute atomic E-state index is 12.7. The topological polar surface area (TPSA) is 21.3 Å². The van der Waals surface area contributed by atoms with Crippen LogP contribution in [0.3, 0.4) is 0 Å². The minimum Gasteiger partial charge on any atom is -0.426 e. The Kier molecular flexibility index (Phi) is 9.04. The van der Waals surface area contributed by atoms with Gasteiger partial charge in [-0.25, -0.2) is 0 Å². The monoisotopic (exact) mass is 405 g/mol. The Morgan fingerprint density at radius 1 is 1.04 bits per heavy atom. The third kappa shape index (κ3) is 7.94. The first-order chi connectivity index (χ1) is 13.0. The zero-order valence-electron chi connectivity index (χ0n) is 15.5. The summed E-state index contributed by atoms with van der Waals surface area (Å²) in [5, 5.41) is 3.10. The van der Waals surface area contributed by atoms with E-state index in [2.05, 4.69) is 18.5 Å². The number of halogens is 6. The van der Waals surface area contributed by atoms with Crippen LogP contribution in [0.5, 0.6) is 0 Å². The van der Waals surface area contributed by atoms with Crippen molar-refractivity contribution in [3.8, 4) is 0 Å². The summed E-state index contributed by atoms with van der Waals surface area (Å²) < 4.78 is 81.6. The van der Waals surface area contributed by atoms with Gasteiger partial charge in [-0.1, -0.05) is 55.4 Å². The molecule has 1 aromatic rings. The predicted molar refractivity (Wildman–Crippen MR) is 99.4 cm³/mol. The van der Waals surface area contributed by atoms with Gasteiger partial charge in [-0.3, -0.25) is 0 Å². The molecule has 28 heavy (non-hydrogen) atoms. The van der Waals surface area contributed by atoms with Gasteiger partial charge in [0.25, 0.3) is 0 Å². The van der Waals surface area contributed by atoms with Crippen molar-refractivity contribution in [2.24, 2.45) is 0 Å². The number of rotatable bonds is 10. The van der Waals surface area contributed by atoms with Crippen molar-refractivity contribution in [2.75, 3.05) is 19.7 Å². The van der Waals surface area contributed by atoms with E-state index in [9.17, 15) is 26.3 Å². The molecular weight excluding hydrogens is 383 g/mol. The lowest BCUT2D eigenvalue weighted by Gasteiger charge is -2.17. The van der Waals surface area contributed by atoms with Gasteiger partial charge in [-0.15, -0.1) is 6.58 Å². The van der Waals surface area contributed by atoms with E-state index in [1.165, 1.54) is 12.1 Å². The second kappa shape index (κ2) is 10.5. The van der Waals surface area contributed by atoms with Crippen molar-refractivity contribution in [3.05, 3.63) is 66.2 Å². The number of allylic oxidation sites excluding steroid dienone is 4. The minimum atomic E-state index is -4.58. The Morgan fingerprint density at radius 2 is 1.64 bits per heavy atom. The van der Waals surface area contributed by atoms with Crippen LogP contribution in [0.2, 0.25) is 0 Å². The van der Waals surface area contributed by atoms with Gasteiger partial charge in [-0.05, 0) is 18.4 Å². The highest BCUT2D eigenvalue weighted by molar-refractivity contribution is 6.74. The molecule has 0 aliphatic carbocycles. The molecule has 1 rings (SSSR count). The van der Waals surface area contributed by atoms with Crippen molar-refractivity contribution >= 4 is 12.4 Å². The summed E-state index contributed by atoms with van der Waals surface area (Å²) in [6, 6.07) is 4.24. The highest BCUT2D eigenvalue weighted by Gasteiger charge is 2.32. The Hall–Kier alpha value is -2.00. The molecule has 0 atom stereocenters. The molecule has 0 aliphatic rings. The summed E-state index contributed by atoms with van der Waals surface area (Å²) in [4.78, 5) is 0. The molecule has 154 valence electrons. The fraction of sp³-hybridized carbons (Fsp3) is 0.368. The van der Waals surface area contributed by atoms with Gasteiger partial charge in [0.2, 0.25) is 0 Å². The van der Waals surface area contributed by atoms with E-state index in [0.717, 1.165) is 37.3 Å². The molecule has 0 fully saturated rings. The standard InChI is InChI=1S/C19H22BF6NO/c1-4-11-27-12-13-28-20(15(3)6-5-14(2)18(21,22)23)17-9-7-16(8-10-17)19(24,25)26/h5-10,27H,2-4,11-13H2,1H3/b6-5-. The number of nitrogens with one attached hydrogen (secondary N) is 1. The quantitative estimate of drug-likeness (QED) is 0.264. The predicted octanol–water partition coefficient (Wildman–Crippen LogP) is 4.69. The molecule has 0 spiro atoms. The number of benzene rings is 1. The van der Waals surface area contributed by atoms with E-state index in [4.69, 9.17) is 4.65 Å². The summed E-state index contributed by atoms with van der Waals surface area (Å²) in [6.07, 6.45) is -6.28. The Bertz CT molecular complexity index is 679. The van der Waals surface area contributed by atoms with Gasteiger partial charge in [0.1, 0.15) is 0 Å². The van der Waals surface area contributed by atoms with Crippen LogP contribution in [0.25, 0.3) is 0 Å². The fourth-order valence-corrected chi connectivity index (χ4v) is 2.20. The van der Waals surface area contributed by atoms with Crippen LogP contribution in [0, 0.1) is 0 Å². The molecule has 0 bridgehead atoms. The molecule has 9 heteroatoms. The lowest BCUT2D eigenvalue weighted by atomic mass is 9.55. The minimum absolute atomic E-state index is 0.167. The van der Waals surface area contributed by atoms with Gasteiger partial charge >= 0.3 is 19.3 Å². The van der Waals surface area contributed by atoms with Crippen LogP contribution in [0.1, 0.15) is 18.9 Å². The second-order valence-corrected chi connectivity index (χ2v) is 6.05. The number of hydrogen-bond acceptors (Lipinski definition) is 2. The van der Waals surface area contributed by atoms with E-state index in [0.29, 0.717) is 12.0 Å². The zero-order valence-corrected chi connectivity index (χ0v) is 15.5. The molecule has 0 aromatic heterocycles. The number of alkyl halides is 6. The Balaban J connectivity index is 2.96. The average molecular weight is 405 g/mol. The van der Waals surface area contributed by atoms with Crippen molar-refractivity contribution in [3.63, 3.8) is 0 Å². The normalized spacial score (nSPS) is 12.4. The molecule has 0 aliphatic heterocycles. The second-order valence-electron chi connectivity index (χ2n) is 6.05. The largest absolute Gasteiger partial charge is 0.426 e. The summed E-state index contributed by atoms with van der Waals surface area (Å²) >= 11 is 0. The van der Waals surface area contributed by atoms with Gasteiger partial charge in [0, 0.05) is 18.7 Å². The van der Waals surface area contributed by atoms with Crippen LogP contribution in [0.15, 0.2) is 60.6 Å². The van der Waals surface area contributed by atoms with Gasteiger partial charge in [0.05, 0.1) is 5.56 Å². The van der Waals surface area contributed by atoms with Gasteiger partial charge < -0.3 is 9.97 Å². The third-order valence-corrected chi connectivity index (χ3v) is 3.73. The molecule has 0 saturated heterocycles. The van der Waals surface area contributed by atoms with Crippen LogP contribution >= 0.6 is 0 Å².